The Balaban J connectivity index is 1.19. The summed E-state index contributed by atoms with van der Waals surface area (Å²) in [7, 11) is 0. The summed E-state index contributed by atoms with van der Waals surface area (Å²) in [5.74, 6) is -0.884. The van der Waals surface area contributed by atoms with Crippen LogP contribution in [0.15, 0.2) is 54.6 Å². The van der Waals surface area contributed by atoms with E-state index in [9.17, 15) is 24.3 Å². The first-order chi connectivity index (χ1) is 24.2. The van der Waals surface area contributed by atoms with Crippen LogP contribution in [0.3, 0.4) is 0 Å². The summed E-state index contributed by atoms with van der Waals surface area (Å²) in [6, 6.07) is 16.9. The fraction of sp³-hybridized carbons (Fsp3) is 0.600. The van der Waals surface area contributed by atoms with Crippen LogP contribution in [0.1, 0.15) is 76.3 Å². The van der Waals surface area contributed by atoms with E-state index in [2.05, 4.69) is 36.2 Å². The number of nitrogens with zero attached hydrogens (tertiary/aromatic N) is 4. The number of phenolic OH excluding ortho intramolecular Hbond substituents is 1. The molecule has 4 fully saturated rings. The van der Waals surface area contributed by atoms with Gasteiger partial charge < -0.3 is 25.1 Å². The molecule has 0 unspecified atom stereocenters. The van der Waals surface area contributed by atoms with Crippen molar-refractivity contribution in [1.29, 1.82) is 0 Å². The minimum Gasteiger partial charge on any atom is -0.508 e. The topological polar surface area (TPSA) is 114 Å². The Morgan fingerprint density at radius 2 is 1.42 bits per heavy atom. The Morgan fingerprint density at radius 1 is 0.740 bits per heavy atom. The van der Waals surface area contributed by atoms with E-state index in [1.54, 1.807) is 17.0 Å². The number of aromatic hydroxyl groups is 1. The lowest BCUT2D eigenvalue weighted by atomic mass is 9.87. The van der Waals surface area contributed by atoms with Gasteiger partial charge in [0.05, 0.1) is 12.1 Å². The molecule has 4 atom stereocenters. The molecule has 10 nitrogen and oxygen atoms in total. The van der Waals surface area contributed by atoms with Gasteiger partial charge in [-0.15, -0.1) is 0 Å². The zero-order valence-electron chi connectivity index (χ0n) is 29.8. The summed E-state index contributed by atoms with van der Waals surface area (Å²) < 4.78 is 0. The van der Waals surface area contributed by atoms with Crippen LogP contribution in [0, 0.1) is 11.8 Å². The SMILES string of the molecule is CC(C)C[C@@H](CN1CCC[C@H]1CN1C(=O)C(=O)NC[C@@H]1Cc1ccc(O)cc1)N1C[C@H](Cc2ccccc2)N(CC2CCCCC2)C(=O)C1=O. The zero-order valence-corrected chi connectivity index (χ0v) is 29.8. The van der Waals surface area contributed by atoms with Gasteiger partial charge in [-0.2, -0.15) is 0 Å². The van der Waals surface area contributed by atoms with Crippen molar-refractivity contribution in [2.75, 3.05) is 39.3 Å². The molecule has 6 rings (SSSR count). The molecule has 10 heteroatoms. The maximum absolute atomic E-state index is 14.1. The molecular formula is C40H55N5O5. The van der Waals surface area contributed by atoms with Crippen LogP contribution in [0.2, 0.25) is 0 Å². The van der Waals surface area contributed by atoms with E-state index < -0.39 is 11.8 Å². The standard InChI is InChI=1S/C40H55N5O5/c1-28(2)20-34(45-27-35(22-29-10-5-3-6-11-29)43(39(49)40(45)50)24-31-12-7-4-8-13-31)25-42-19-9-14-32(42)26-44-33(23-41-37(47)38(44)48)21-30-15-17-36(46)18-16-30/h3,5-6,10-11,15-18,28,31-35,46H,4,7-9,12-14,19-27H2,1-2H3,(H,41,47)/t32-,33-,34-,35-/m0/s1. The van der Waals surface area contributed by atoms with Crippen molar-refractivity contribution in [3.63, 3.8) is 0 Å². The summed E-state index contributed by atoms with van der Waals surface area (Å²) >= 11 is 0. The first kappa shape index (κ1) is 35.9. The van der Waals surface area contributed by atoms with Gasteiger partial charge in [0.1, 0.15) is 5.75 Å². The van der Waals surface area contributed by atoms with Gasteiger partial charge in [0.25, 0.3) is 0 Å². The molecule has 270 valence electrons. The van der Waals surface area contributed by atoms with Crippen molar-refractivity contribution >= 4 is 23.6 Å². The molecular weight excluding hydrogens is 630 g/mol. The molecule has 1 aliphatic carbocycles. The lowest BCUT2D eigenvalue weighted by Crippen LogP contribution is -2.65. The molecule has 3 saturated heterocycles. The molecule has 50 heavy (non-hydrogen) atoms. The highest BCUT2D eigenvalue weighted by Crippen LogP contribution is 2.30. The van der Waals surface area contributed by atoms with Crippen LogP contribution in [0.4, 0.5) is 0 Å². The molecule has 2 aromatic rings. The van der Waals surface area contributed by atoms with Gasteiger partial charge in [0.15, 0.2) is 0 Å². The first-order valence-electron chi connectivity index (χ1n) is 18.9. The molecule has 0 radical (unpaired) electrons. The summed E-state index contributed by atoms with van der Waals surface area (Å²) in [5.41, 5.74) is 2.16. The molecule has 1 saturated carbocycles. The van der Waals surface area contributed by atoms with E-state index in [1.165, 1.54) is 24.8 Å². The minimum absolute atomic E-state index is 0.0420. The number of piperazine rings is 2. The fourth-order valence-corrected chi connectivity index (χ4v) is 8.77. The molecule has 4 aliphatic rings. The summed E-state index contributed by atoms with van der Waals surface area (Å²) in [5, 5.41) is 12.5. The second-order valence-corrected chi connectivity index (χ2v) is 15.5. The van der Waals surface area contributed by atoms with Crippen LogP contribution >= 0.6 is 0 Å². The van der Waals surface area contributed by atoms with E-state index in [0.29, 0.717) is 57.4 Å². The Hall–Kier alpha value is -3.92. The average molecular weight is 686 g/mol. The van der Waals surface area contributed by atoms with Gasteiger partial charge >= 0.3 is 23.6 Å². The van der Waals surface area contributed by atoms with Gasteiger partial charge in [0.2, 0.25) is 0 Å². The van der Waals surface area contributed by atoms with Crippen molar-refractivity contribution < 1.29 is 24.3 Å². The lowest BCUT2D eigenvalue weighted by molar-refractivity contribution is -0.162. The monoisotopic (exact) mass is 685 g/mol. The van der Waals surface area contributed by atoms with Gasteiger partial charge in [-0.1, -0.05) is 75.6 Å². The van der Waals surface area contributed by atoms with Gasteiger partial charge in [-0.25, -0.2) is 0 Å². The molecule has 0 spiro atoms. The van der Waals surface area contributed by atoms with Crippen LogP contribution in [0.25, 0.3) is 0 Å². The molecule has 3 heterocycles. The lowest BCUT2D eigenvalue weighted by Gasteiger charge is -2.46. The third-order valence-electron chi connectivity index (χ3n) is 11.4. The van der Waals surface area contributed by atoms with Gasteiger partial charge in [-0.3, -0.25) is 24.1 Å². The number of benzene rings is 2. The number of carbonyl (C=O) groups excluding carboxylic acids is 4. The van der Waals surface area contributed by atoms with Crippen molar-refractivity contribution in [2.45, 2.75) is 102 Å². The predicted octanol–water partition coefficient (Wildman–Crippen LogP) is 4.00. The zero-order chi connectivity index (χ0) is 35.2. The normalized spacial score (nSPS) is 24.7. The fourth-order valence-electron chi connectivity index (χ4n) is 8.77. The van der Waals surface area contributed by atoms with Crippen LogP contribution in [-0.2, 0) is 32.0 Å². The molecule has 0 bridgehead atoms. The summed E-state index contributed by atoms with van der Waals surface area (Å²) in [6.07, 6.45) is 9.77. The second kappa shape index (κ2) is 16.4. The first-order valence-corrected chi connectivity index (χ1v) is 18.9. The average Bonchev–Trinajstić information content (AvgIpc) is 3.55. The van der Waals surface area contributed by atoms with Crippen molar-refractivity contribution in [1.82, 2.24) is 24.9 Å². The van der Waals surface area contributed by atoms with E-state index in [0.717, 1.165) is 44.2 Å². The maximum Gasteiger partial charge on any atom is 0.312 e. The number of phenols is 1. The van der Waals surface area contributed by atoms with Crippen LogP contribution in [0.5, 0.6) is 5.75 Å². The van der Waals surface area contributed by atoms with E-state index in [-0.39, 0.29) is 41.7 Å². The Morgan fingerprint density at radius 3 is 2.14 bits per heavy atom. The molecule has 2 aromatic carbocycles. The van der Waals surface area contributed by atoms with Crippen molar-refractivity contribution in [3.05, 3.63) is 65.7 Å². The molecule has 0 aromatic heterocycles. The van der Waals surface area contributed by atoms with Gasteiger partial charge in [0, 0.05) is 44.8 Å². The van der Waals surface area contributed by atoms with E-state index in [4.69, 9.17) is 0 Å². The summed E-state index contributed by atoms with van der Waals surface area (Å²) in [4.78, 5) is 61.9. The molecule has 4 amide bonds. The highest BCUT2D eigenvalue weighted by atomic mass is 16.3. The summed E-state index contributed by atoms with van der Waals surface area (Å²) in [6.45, 7) is 7.78. The van der Waals surface area contributed by atoms with Crippen molar-refractivity contribution in [2.24, 2.45) is 11.8 Å². The second-order valence-electron chi connectivity index (χ2n) is 15.5. The van der Waals surface area contributed by atoms with E-state index in [1.807, 2.05) is 40.1 Å². The largest absolute Gasteiger partial charge is 0.508 e. The number of hydrogen-bond donors (Lipinski definition) is 2. The quantitative estimate of drug-likeness (QED) is 0.309. The number of amides is 4. The smallest absolute Gasteiger partial charge is 0.312 e. The van der Waals surface area contributed by atoms with Crippen molar-refractivity contribution in [3.8, 4) is 5.75 Å². The number of nitrogens with one attached hydrogen (secondary N) is 1. The van der Waals surface area contributed by atoms with Gasteiger partial charge in [-0.05, 0) is 86.6 Å². The number of likely N-dealkylation sites (tertiary alicyclic amines) is 1. The number of carbonyl (C=O) groups is 4. The third-order valence-corrected chi connectivity index (χ3v) is 11.4. The van der Waals surface area contributed by atoms with Crippen LogP contribution in [-0.4, -0.2) is 112 Å². The maximum atomic E-state index is 14.1. The predicted molar refractivity (Wildman–Crippen MR) is 192 cm³/mol. The number of hydrogen-bond acceptors (Lipinski definition) is 6. The minimum atomic E-state index is -0.575. The Labute approximate surface area is 297 Å². The number of rotatable bonds is 13. The highest BCUT2D eigenvalue weighted by Gasteiger charge is 2.44. The molecule has 3 aliphatic heterocycles. The van der Waals surface area contributed by atoms with Crippen LogP contribution < -0.4 is 5.32 Å². The third kappa shape index (κ3) is 8.68. The van der Waals surface area contributed by atoms with E-state index >= 15 is 0 Å². The molecule has 2 N–H and O–H groups in total. The highest BCUT2D eigenvalue weighted by molar-refractivity contribution is 6.36. The Bertz CT molecular complexity index is 1480. The Kier molecular flexibility index (Phi) is 11.8.